The van der Waals surface area contributed by atoms with E-state index in [0.29, 0.717) is 29.1 Å². The van der Waals surface area contributed by atoms with Crippen LogP contribution in [0.1, 0.15) is 16.7 Å². The molecule has 0 aromatic heterocycles. The number of ether oxygens (including phenoxy) is 1. The summed E-state index contributed by atoms with van der Waals surface area (Å²) in [5, 5.41) is 11.7. The van der Waals surface area contributed by atoms with Gasteiger partial charge in [-0.3, -0.25) is 15.1 Å². The zero-order chi connectivity index (χ0) is 17.1. The van der Waals surface area contributed by atoms with E-state index in [1.165, 1.54) is 12.3 Å². The van der Waals surface area contributed by atoms with Gasteiger partial charge in [-0.1, -0.05) is 23.7 Å². The molecule has 0 amide bonds. The van der Waals surface area contributed by atoms with E-state index in [1.807, 2.05) is 6.07 Å². The van der Waals surface area contributed by atoms with Gasteiger partial charge in [0.15, 0.2) is 5.75 Å². The zero-order valence-electron chi connectivity index (χ0n) is 12.7. The van der Waals surface area contributed by atoms with Crippen LogP contribution in [-0.2, 0) is 12.8 Å². The molecule has 5 nitrogen and oxygen atoms in total. The van der Waals surface area contributed by atoms with Crippen LogP contribution in [0.3, 0.4) is 0 Å². The number of rotatable bonds is 5. The number of benzene rings is 2. The van der Waals surface area contributed by atoms with Crippen molar-refractivity contribution in [1.82, 2.24) is 0 Å². The first-order chi connectivity index (χ1) is 11.6. The molecule has 0 saturated carbocycles. The molecule has 2 aromatic carbocycles. The Morgan fingerprint density at radius 3 is 2.92 bits per heavy atom. The standard InChI is InChI=1S/C17H14ClFN2O3/c18-13-3-1-12(15(19)9-13)6-8-24-16-4-2-11-5-7-20-10-14(11)17(16)21(22)23/h1-4,9-10H,5-8H2. The van der Waals surface area contributed by atoms with Gasteiger partial charge in [-0.05, 0) is 35.7 Å². The van der Waals surface area contributed by atoms with Crippen LogP contribution in [0.5, 0.6) is 5.75 Å². The van der Waals surface area contributed by atoms with Crippen molar-refractivity contribution in [3.8, 4) is 5.75 Å². The van der Waals surface area contributed by atoms with Crippen LogP contribution < -0.4 is 4.74 Å². The fraction of sp³-hybridized carbons (Fsp3) is 0.235. The average molecular weight is 349 g/mol. The monoisotopic (exact) mass is 348 g/mol. The summed E-state index contributed by atoms with van der Waals surface area (Å²) in [5.41, 5.74) is 1.73. The third-order valence-corrected chi connectivity index (χ3v) is 4.06. The third-order valence-electron chi connectivity index (χ3n) is 3.83. The van der Waals surface area contributed by atoms with Crippen molar-refractivity contribution < 1.29 is 14.1 Å². The van der Waals surface area contributed by atoms with E-state index < -0.39 is 10.7 Å². The first kappa shape index (κ1) is 16.4. The van der Waals surface area contributed by atoms with Crippen LogP contribution >= 0.6 is 11.6 Å². The fourth-order valence-electron chi connectivity index (χ4n) is 2.63. The van der Waals surface area contributed by atoms with Gasteiger partial charge in [0, 0.05) is 24.2 Å². The lowest BCUT2D eigenvalue weighted by Crippen LogP contribution is -2.10. The quantitative estimate of drug-likeness (QED) is 0.606. The largest absolute Gasteiger partial charge is 0.486 e. The van der Waals surface area contributed by atoms with Gasteiger partial charge in [-0.2, -0.15) is 0 Å². The van der Waals surface area contributed by atoms with Gasteiger partial charge in [0.2, 0.25) is 0 Å². The minimum atomic E-state index is -0.464. The van der Waals surface area contributed by atoms with Gasteiger partial charge < -0.3 is 4.74 Å². The summed E-state index contributed by atoms with van der Waals surface area (Å²) in [7, 11) is 0. The molecule has 7 heteroatoms. The maximum atomic E-state index is 13.7. The molecule has 2 aromatic rings. The van der Waals surface area contributed by atoms with Crippen molar-refractivity contribution >= 4 is 23.5 Å². The predicted molar refractivity (Wildman–Crippen MR) is 89.9 cm³/mol. The van der Waals surface area contributed by atoms with E-state index in [1.54, 1.807) is 18.2 Å². The Kier molecular flexibility index (Phi) is 4.76. The zero-order valence-corrected chi connectivity index (χ0v) is 13.4. The molecule has 0 N–H and O–H groups in total. The molecule has 0 radical (unpaired) electrons. The molecule has 1 aliphatic heterocycles. The second-order valence-electron chi connectivity index (χ2n) is 5.36. The molecule has 0 atom stereocenters. The highest BCUT2D eigenvalue weighted by atomic mass is 35.5. The van der Waals surface area contributed by atoms with Gasteiger partial charge in [0.1, 0.15) is 5.82 Å². The molecule has 0 saturated heterocycles. The SMILES string of the molecule is O=[N+]([O-])c1c(OCCc2ccc(Cl)cc2F)ccc2c1C=NCC2. The summed E-state index contributed by atoms with van der Waals surface area (Å²) in [6.45, 7) is 0.746. The van der Waals surface area contributed by atoms with Crippen LogP contribution in [-0.4, -0.2) is 24.3 Å². The van der Waals surface area contributed by atoms with E-state index in [2.05, 4.69) is 4.99 Å². The number of nitro benzene ring substituents is 1. The second-order valence-corrected chi connectivity index (χ2v) is 5.80. The first-order valence-corrected chi connectivity index (χ1v) is 7.81. The van der Waals surface area contributed by atoms with Gasteiger partial charge in [-0.25, -0.2) is 4.39 Å². The van der Waals surface area contributed by atoms with Crippen LogP contribution in [0.15, 0.2) is 35.3 Å². The van der Waals surface area contributed by atoms with Crippen molar-refractivity contribution in [1.29, 1.82) is 0 Å². The van der Waals surface area contributed by atoms with Gasteiger partial charge in [0.25, 0.3) is 0 Å². The van der Waals surface area contributed by atoms with Crippen molar-refractivity contribution in [2.75, 3.05) is 13.2 Å². The molecule has 1 aliphatic rings. The highest BCUT2D eigenvalue weighted by Crippen LogP contribution is 2.34. The molecule has 0 aliphatic carbocycles. The lowest BCUT2D eigenvalue weighted by molar-refractivity contribution is -0.386. The topological polar surface area (TPSA) is 64.7 Å². The number of fused-ring (bicyclic) bond motifs is 1. The lowest BCUT2D eigenvalue weighted by Gasteiger charge is -2.13. The number of nitro groups is 1. The number of halogens is 2. The van der Waals surface area contributed by atoms with E-state index in [0.717, 1.165) is 5.56 Å². The summed E-state index contributed by atoms with van der Waals surface area (Å²) in [4.78, 5) is 15.0. The fourth-order valence-corrected chi connectivity index (χ4v) is 2.79. The van der Waals surface area contributed by atoms with Gasteiger partial charge in [-0.15, -0.1) is 0 Å². The Bertz CT molecular complexity index is 824. The Balaban J connectivity index is 1.78. The predicted octanol–water partition coefficient (Wildman–Crippen LogP) is 3.98. The van der Waals surface area contributed by atoms with E-state index in [-0.39, 0.29) is 24.5 Å². The molecule has 0 bridgehead atoms. The lowest BCUT2D eigenvalue weighted by atomic mass is 10.0. The summed E-state index contributed by atoms with van der Waals surface area (Å²) in [6, 6.07) is 7.81. The Morgan fingerprint density at radius 1 is 1.33 bits per heavy atom. The molecule has 0 fully saturated rings. The summed E-state index contributed by atoms with van der Waals surface area (Å²) in [5.74, 6) is -0.250. The molecule has 3 rings (SSSR count). The van der Waals surface area contributed by atoms with Gasteiger partial charge >= 0.3 is 5.69 Å². The molecular weight excluding hydrogens is 335 g/mol. The van der Waals surface area contributed by atoms with E-state index >= 15 is 0 Å². The molecule has 124 valence electrons. The Morgan fingerprint density at radius 2 is 2.17 bits per heavy atom. The molecule has 0 unspecified atom stereocenters. The average Bonchev–Trinajstić information content (AvgIpc) is 2.56. The maximum Gasteiger partial charge on any atom is 0.319 e. The number of nitrogens with zero attached hydrogens (tertiary/aromatic N) is 2. The normalized spacial score (nSPS) is 12.8. The number of hydrogen-bond acceptors (Lipinski definition) is 4. The number of hydrogen-bond donors (Lipinski definition) is 0. The maximum absolute atomic E-state index is 13.7. The minimum absolute atomic E-state index is 0.0903. The summed E-state index contributed by atoms with van der Waals surface area (Å²) < 4.78 is 19.3. The van der Waals surface area contributed by atoms with E-state index in [4.69, 9.17) is 16.3 Å². The van der Waals surface area contributed by atoms with Crippen molar-refractivity contribution in [2.24, 2.45) is 4.99 Å². The van der Waals surface area contributed by atoms with Gasteiger partial charge in [0.05, 0.1) is 17.1 Å². The van der Waals surface area contributed by atoms with Crippen molar-refractivity contribution in [3.05, 3.63) is 68.0 Å². The number of aliphatic imine (C=N–C) groups is 1. The second kappa shape index (κ2) is 6.97. The molecule has 0 spiro atoms. The Labute approximate surface area is 142 Å². The van der Waals surface area contributed by atoms with Crippen LogP contribution in [0.25, 0.3) is 0 Å². The third kappa shape index (κ3) is 3.38. The van der Waals surface area contributed by atoms with Crippen LogP contribution in [0.4, 0.5) is 10.1 Å². The minimum Gasteiger partial charge on any atom is -0.486 e. The van der Waals surface area contributed by atoms with Crippen molar-refractivity contribution in [2.45, 2.75) is 12.8 Å². The molecular formula is C17H14ClFN2O3. The summed E-state index contributed by atoms with van der Waals surface area (Å²) >= 11 is 5.71. The van der Waals surface area contributed by atoms with Crippen molar-refractivity contribution in [3.63, 3.8) is 0 Å². The highest BCUT2D eigenvalue weighted by Gasteiger charge is 2.24. The summed E-state index contributed by atoms with van der Waals surface area (Å²) in [6.07, 6.45) is 2.47. The first-order valence-electron chi connectivity index (χ1n) is 7.43. The molecule has 1 heterocycles. The Hall–Kier alpha value is -2.47. The highest BCUT2D eigenvalue weighted by molar-refractivity contribution is 6.30. The van der Waals surface area contributed by atoms with Crippen LogP contribution in [0, 0.1) is 15.9 Å². The molecule has 24 heavy (non-hydrogen) atoms. The smallest absolute Gasteiger partial charge is 0.319 e. The van der Waals surface area contributed by atoms with E-state index in [9.17, 15) is 14.5 Å². The van der Waals surface area contributed by atoms with Crippen LogP contribution in [0.2, 0.25) is 5.02 Å².